The number of hydrogen-bond donors (Lipinski definition) is 3. The molecule has 1 atom stereocenters. The number of carbonyl (C=O) groups is 1. The van der Waals surface area contributed by atoms with Crippen LogP contribution in [0.2, 0.25) is 0 Å². The van der Waals surface area contributed by atoms with E-state index in [-0.39, 0.29) is 6.41 Å². The fourth-order valence-electron chi connectivity index (χ4n) is 2.42. The summed E-state index contributed by atoms with van der Waals surface area (Å²) in [7, 11) is 0. The van der Waals surface area contributed by atoms with Gasteiger partial charge in [0.05, 0.1) is 0 Å². The summed E-state index contributed by atoms with van der Waals surface area (Å²) < 4.78 is 0. The van der Waals surface area contributed by atoms with Gasteiger partial charge in [0.15, 0.2) is 0 Å². The summed E-state index contributed by atoms with van der Waals surface area (Å²) >= 11 is 0. The van der Waals surface area contributed by atoms with E-state index in [4.69, 9.17) is 4.79 Å². The number of primary amides is 1. The summed E-state index contributed by atoms with van der Waals surface area (Å²) in [6, 6.07) is 0. The third kappa shape index (κ3) is 7.67. The highest BCUT2D eigenvalue weighted by atomic mass is 16.1. The molecule has 1 rings (SSSR count). The number of carbonyl (C=O) groups excluding carboxylic acids is 1. The molecule has 4 nitrogen and oxygen atoms in total. The van der Waals surface area contributed by atoms with Crippen molar-refractivity contribution in [3.8, 4) is 0 Å². The molecule has 1 amide bonds. The van der Waals surface area contributed by atoms with Crippen LogP contribution in [0.3, 0.4) is 0 Å². The molecule has 1 saturated heterocycles. The first-order chi connectivity index (χ1) is 8.61. The van der Waals surface area contributed by atoms with Crippen LogP contribution >= 0.6 is 0 Å². The topological polar surface area (TPSA) is 67.2 Å². The fraction of sp³-hybridized carbons (Fsp3) is 0.929. The first-order valence-corrected chi connectivity index (χ1v) is 7.23. The van der Waals surface area contributed by atoms with Gasteiger partial charge in [-0.1, -0.05) is 20.3 Å². The maximum absolute atomic E-state index is 8.58. The van der Waals surface area contributed by atoms with Crippen LogP contribution in [-0.4, -0.2) is 31.6 Å². The average Bonchev–Trinajstić information content (AvgIpc) is 2.39. The van der Waals surface area contributed by atoms with Gasteiger partial charge in [0.25, 0.3) is 0 Å². The van der Waals surface area contributed by atoms with Crippen LogP contribution in [0.4, 0.5) is 0 Å². The van der Waals surface area contributed by atoms with Crippen molar-refractivity contribution in [2.24, 2.45) is 11.7 Å². The van der Waals surface area contributed by atoms with Crippen molar-refractivity contribution in [3.05, 3.63) is 0 Å². The molecule has 1 aliphatic heterocycles. The Morgan fingerprint density at radius 3 is 2.39 bits per heavy atom. The van der Waals surface area contributed by atoms with E-state index >= 15 is 0 Å². The molecule has 1 heterocycles. The smallest absolute Gasteiger partial charge is 0.204 e. The predicted octanol–water partition coefficient (Wildman–Crippen LogP) is 1.65. The normalized spacial score (nSPS) is 19.5. The molecule has 18 heavy (non-hydrogen) atoms. The Balaban J connectivity index is 0.000000873. The van der Waals surface area contributed by atoms with Crippen LogP contribution in [0, 0.1) is 5.92 Å². The molecule has 0 aromatic carbocycles. The van der Waals surface area contributed by atoms with Crippen LogP contribution in [-0.2, 0) is 4.79 Å². The number of piperidine rings is 1. The molecule has 0 aromatic rings. The first kappa shape index (κ1) is 17.4. The SMILES string of the molecule is CCCC(C)(CC)NCC1CCNCC1.NC=O. The van der Waals surface area contributed by atoms with E-state index in [1.165, 1.54) is 51.7 Å². The van der Waals surface area contributed by atoms with Crippen molar-refractivity contribution >= 4 is 6.41 Å². The highest BCUT2D eigenvalue weighted by Gasteiger charge is 2.22. The summed E-state index contributed by atoms with van der Waals surface area (Å²) in [6.07, 6.45) is 6.77. The molecule has 4 N–H and O–H groups in total. The lowest BCUT2D eigenvalue weighted by atomic mass is 9.91. The minimum Gasteiger partial charge on any atom is -0.372 e. The first-order valence-electron chi connectivity index (χ1n) is 7.23. The molecule has 0 radical (unpaired) electrons. The van der Waals surface area contributed by atoms with Crippen LogP contribution < -0.4 is 16.4 Å². The van der Waals surface area contributed by atoms with E-state index in [1.54, 1.807) is 0 Å². The lowest BCUT2D eigenvalue weighted by Gasteiger charge is -2.33. The summed E-state index contributed by atoms with van der Waals surface area (Å²) in [6.45, 7) is 10.6. The minimum absolute atomic E-state index is 0.250. The van der Waals surface area contributed by atoms with Gasteiger partial charge in [-0.2, -0.15) is 0 Å². The predicted molar refractivity (Wildman–Crippen MR) is 77.5 cm³/mol. The lowest BCUT2D eigenvalue weighted by molar-refractivity contribution is -0.106. The maximum Gasteiger partial charge on any atom is 0.204 e. The van der Waals surface area contributed by atoms with Gasteiger partial charge in [-0.15, -0.1) is 0 Å². The van der Waals surface area contributed by atoms with Crippen LogP contribution in [0.15, 0.2) is 0 Å². The zero-order valence-electron chi connectivity index (χ0n) is 12.3. The van der Waals surface area contributed by atoms with Crippen molar-refractivity contribution in [2.45, 2.75) is 58.4 Å². The van der Waals surface area contributed by atoms with Crippen molar-refractivity contribution in [3.63, 3.8) is 0 Å². The summed E-state index contributed by atoms with van der Waals surface area (Å²) in [5.41, 5.74) is 4.54. The van der Waals surface area contributed by atoms with Crippen molar-refractivity contribution in [2.75, 3.05) is 19.6 Å². The second-order valence-electron chi connectivity index (χ2n) is 5.37. The van der Waals surface area contributed by atoms with E-state index in [0.717, 1.165) is 5.92 Å². The van der Waals surface area contributed by atoms with Crippen LogP contribution in [0.5, 0.6) is 0 Å². The summed E-state index contributed by atoms with van der Waals surface area (Å²) in [5.74, 6) is 0.897. The van der Waals surface area contributed by atoms with Gasteiger partial charge in [0.1, 0.15) is 0 Å². The number of nitrogens with two attached hydrogens (primary N) is 1. The highest BCUT2D eigenvalue weighted by molar-refractivity contribution is 5.42. The highest BCUT2D eigenvalue weighted by Crippen LogP contribution is 2.18. The molecular weight excluding hydrogens is 226 g/mol. The van der Waals surface area contributed by atoms with E-state index in [2.05, 4.69) is 37.1 Å². The van der Waals surface area contributed by atoms with E-state index in [1.807, 2.05) is 0 Å². The van der Waals surface area contributed by atoms with Gasteiger partial charge in [-0.3, -0.25) is 4.79 Å². The second-order valence-corrected chi connectivity index (χ2v) is 5.37. The largest absolute Gasteiger partial charge is 0.372 e. The van der Waals surface area contributed by atoms with E-state index in [9.17, 15) is 0 Å². The summed E-state index contributed by atoms with van der Waals surface area (Å²) in [4.78, 5) is 8.58. The molecule has 108 valence electrons. The molecule has 1 fully saturated rings. The molecule has 1 unspecified atom stereocenters. The zero-order chi connectivity index (χ0) is 13.9. The molecule has 0 spiro atoms. The third-order valence-corrected chi connectivity index (χ3v) is 3.86. The molecule has 0 aliphatic carbocycles. The van der Waals surface area contributed by atoms with E-state index in [0.29, 0.717) is 5.54 Å². The number of amides is 1. The molecular formula is C14H31N3O. The monoisotopic (exact) mass is 257 g/mol. The minimum atomic E-state index is 0.250. The Bertz CT molecular complexity index is 205. The Hall–Kier alpha value is -0.610. The molecule has 4 heteroatoms. The molecule has 0 aromatic heterocycles. The Morgan fingerprint density at radius 2 is 1.94 bits per heavy atom. The van der Waals surface area contributed by atoms with Gasteiger partial charge in [0.2, 0.25) is 6.41 Å². The lowest BCUT2D eigenvalue weighted by Crippen LogP contribution is -2.45. The zero-order valence-corrected chi connectivity index (χ0v) is 12.3. The van der Waals surface area contributed by atoms with Crippen LogP contribution in [0.25, 0.3) is 0 Å². The van der Waals surface area contributed by atoms with Gasteiger partial charge >= 0.3 is 0 Å². The Kier molecular flexibility index (Phi) is 9.98. The van der Waals surface area contributed by atoms with Crippen molar-refractivity contribution < 1.29 is 4.79 Å². The van der Waals surface area contributed by atoms with Crippen molar-refractivity contribution in [1.82, 2.24) is 10.6 Å². The number of hydrogen-bond acceptors (Lipinski definition) is 3. The molecule has 0 bridgehead atoms. The Labute approximate surface area is 112 Å². The summed E-state index contributed by atoms with van der Waals surface area (Å²) in [5, 5.41) is 7.21. The number of rotatable bonds is 6. The quantitative estimate of drug-likeness (QED) is 0.634. The van der Waals surface area contributed by atoms with Gasteiger partial charge < -0.3 is 16.4 Å². The average molecular weight is 257 g/mol. The fourth-order valence-corrected chi connectivity index (χ4v) is 2.42. The van der Waals surface area contributed by atoms with Gasteiger partial charge in [0, 0.05) is 5.54 Å². The maximum atomic E-state index is 8.58. The third-order valence-electron chi connectivity index (χ3n) is 3.86. The van der Waals surface area contributed by atoms with Crippen LogP contribution in [0.1, 0.15) is 52.9 Å². The van der Waals surface area contributed by atoms with Gasteiger partial charge in [-0.05, 0) is 58.2 Å². The Morgan fingerprint density at radius 1 is 1.39 bits per heavy atom. The standard InChI is InChI=1S/C13H28N2.CH3NO/c1-4-8-13(3,5-2)15-11-12-6-9-14-10-7-12;2-1-3/h12,14-15H,4-11H2,1-3H3;1H,(H2,2,3). The van der Waals surface area contributed by atoms with Crippen molar-refractivity contribution in [1.29, 1.82) is 0 Å². The second kappa shape index (κ2) is 10.3. The molecule has 0 saturated carbocycles. The van der Waals surface area contributed by atoms with E-state index < -0.39 is 0 Å². The molecule has 1 aliphatic rings. The van der Waals surface area contributed by atoms with Gasteiger partial charge in [-0.25, -0.2) is 0 Å². The number of nitrogens with one attached hydrogen (secondary N) is 2.